The zero-order chi connectivity index (χ0) is 21.4. The van der Waals surface area contributed by atoms with Gasteiger partial charge in [0.2, 0.25) is 0 Å². The van der Waals surface area contributed by atoms with Crippen molar-refractivity contribution in [2.75, 3.05) is 14.2 Å². The van der Waals surface area contributed by atoms with E-state index in [2.05, 4.69) is 0 Å². The molecule has 0 bridgehead atoms. The summed E-state index contributed by atoms with van der Waals surface area (Å²) < 4.78 is 25.4. The molecule has 1 aromatic heterocycles. The highest BCUT2D eigenvalue weighted by atomic mass is 32.1. The summed E-state index contributed by atoms with van der Waals surface area (Å²) in [6, 6.07) is 14.0. The molecule has 0 atom stereocenters. The first-order chi connectivity index (χ1) is 14.1. The van der Waals surface area contributed by atoms with Gasteiger partial charge in [0.15, 0.2) is 11.6 Å². The highest BCUT2D eigenvalue weighted by molar-refractivity contribution is 7.26. The van der Waals surface area contributed by atoms with Crippen LogP contribution in [0.15, 0.2) is 48.5 Å². The molecule has 1 heterocycles. The van der Waals surface area contributed by atoms with E-state index in [1.54, 1.807) is 12.1 Å². The Bertz CT molecular complexity index is 1030. The number of esters is 1. The van der Waals surface area contributed by atoms with Gasteiger partial charge >= 0.3 is 13.2 Å². The van der Waals surface area contributed by atoms with Crippen LogP contribution in [0.1, 0.15) is 24.2 Å². The van der Waals surface area contributed by atoms with Gasteiger partial charge in [-0.3, -0.25) is 0 Å². The molecule has 0 aliphatic heterocycles. The Morgan fingerprint density at radius 3 is 2.38 bits per heavy atom. The van der Waals surface area contributed by atoms with E-state index in [-0.39, 0.29) is 11.3 Å². The summed E-state index contributed by atoms with van der Waals surface area (Å²) in [6.07, 6.45) is 0. The van der Waals surface area contributed by atoms with Crippen LogP contribution in [-0.2, 0) is 4.74 Å². The lowest BCUT2D eigenvalue weighted by atomic mass is 9.76. The highest BCUT2D eigenvalue weighted by Crippen LogP contribution is 2.41. The maximum atomic E-state index is 15.0. The van der Waals surface area contributed by atoms with E-state index in [4.69, 9.17) is 14.7 Å². The third kappa shape index (κ3) is 4.49. The van der Waals surface area contributed by atoms with Crippen molar-refractivity contribution in [2.24, 2.45) is 0 Å². The van der Waals surface area contributed by atoms with Gasteiger partial charge in [-0.15, -0.1) is 11.3 Å². The minimum atomic E-state index is -0.582. The van der Waals surface area contributed by atoms with Gasteiger partial charge in [-0.05, 0) is 16.4 Å². The molecule has 1 radical (unpaired) electrons. The Morgan fingerprint density at radius 1 is 1.10 bits per heavy atom. The number of hydrogen-bond acceptors (Lipinski definition) is 5. The lowest BCUT2D eigenvalue weighted by molar-refractivity contribution is 0.0603. The number of nitriles is 1. The van der Waals surface area contributed by atoms with Crippen molar-refractivity contribution in [2.45, 2.75) is 13.8 Å². The van der Waals surface area contributed by atoms with E-state index >= 15 is 0 Å². The zero-order valence-electron chi connectivity index (χ0n) is 16.7. The van der Waals surface area contributed by atoms with Crippen LogP contribution in [0.4, 0.5) is 4.39 Å². The van der Waals surface area contributed by atoms with Crippen LogP contribution in [0.2, 0.25) is 0 Å². The van der Waals surface area contributed by atoms with Gasteiger partial charge < -0.3 is 9.47 Å². The van der Waals surface area contributed by atoms with Gasteiger partial charge in [-0.2, -0.15) is 0 Å². The number of thiophene rings is 1. The van der Waals surface area contributed by atoms with Gasteiger partial charge in [-0.25, -0.2) is 14.4 Å². The van der Waals surface area contributed by atoms with Crippen LogP contribution < -0.4 is 9.51 Å². The molecular weight excluding hydrogens is 388 g/mol. The van der Waals surface area contributed by atoms with Gasteiger partial charge in [-0.1, -0.05) is 56.3 Å². The average Bonchev–Trinajstić information content (AvgIpc) is 3.14. The van der Waals surface area contributed by atoms with Gasteiger partial charge in [0.05, 0.1) is 19.8 Å². The van der Waals surface area contributed by atoms with Crippen molar-refractivity contribution in [3.05, 3.63) is 59.9 Å². The van der Waals surface area contributed by atoms with Gasteiger partial charge in [0, 0.05) is 22.0 Å². The lowest BCUT2D eigenvalue weighted by Crippen LogP contribution is -2.19. The second kappa shape index (κ2) is 10.4. The monoisotopic (exact) mass is 408 g/mol. The molecule has 29 heavy (non-hydrogen) atoms. The summed E-state index contributed by atoms with van der Waals surface area (Å²) in [5.74, 6) is 0.934. The van der Waals surface area contributed by atoms with E-state index in [1.807, 2.05) is 50.1 Å². The maximum absolute atomic E-state index is 15.0. The molecule has 0 spiro atoms. The Labute approximate surface area is 174 Å². The largest absolute Gasteiger partial charge is 0.494 e. The molecule has 2 aromatic carbocycles. The molecule has 0 N–H and O–H groups in total. The summed E-state index contributed by atoms with van der Waals surface area (Å²) in [7, 11) is 3.94. The number of carbonyl (C=O) groups is 1. The number of rotatable bonds is 5. The normalized spacial score (nSPS) is 9.66. The molecule has 0 unspecified atom stereocenters. The lowest BCUT2D eigenvalue weighted by Gasteiger charge is -2.10. The number of nitrogens with zero attached hydrogens (tertiary/aromatic N) is 1. The number of carbonyl (C=O) groups excluding carboxylic acids is 1. The molecule has 0 fully saturated rings. The van der Waals surface area contributed by atoms with Crippen LogP contribution in [0.5, 0.6) is 5.75 Å². The molecule has 0 saturated carbocycles. The minimum absolute atomic E-state index is 0.102. The number of hydrogen-bond donors (Lipinski definition) is 0. The Balaban J connectivity index is 0.00000145. The third-order valence-corrected chi connectivity index (χ3v) is 5.18. The number of benzene rings is 2. The molecular formula is C22H20BFNO3S. The quantitative estimate of drug-likeness (QED) is 0.447. The highest BCUT2D eigenvalue weighted by Gasteiger charge is 2.28. The van der Waals surface area contributed by atoms with E-state index in [0.29, 0.717) is 20.8 Å². The SMILES string of the molecule is CC.COC(=O)c1c([B]C#N)sc(-c2cccc(OC)c2F)c1-c1ccccc1. The fourth-order valence-electron chi connectivity index (χ4n) is 2.83. The minimum Gasteiger partial charge on any atom is -0.494 e. The summed E-state index contributed by atoms with van der Waals surface area (Å²) >= 11 is 1.16. The molecule has 7 heteroatoms. The average molecular weight is 408 g/mol. The first-order valence-electron chi connectivity index (χ1n) is 8.98. The number of methoxy groups -OCH3 is 2. The summed E-state index contributed by atoms with van der Waals surface area (Å²) in [4.78, 5) is 13.0. The van der Waals surface area contributed by atoms with Crippen molar-refractivity contribution in [1.82, 2.24) is 0 Å². The van der Waals surface area contributed by atoms with Crippen molar-refractivity contribution in [3.8, 4) is 33.3 Å². The summed E-state index contributed by atoms with van der Waals surface area (Å²) in [6.45, 7) is 4.00. The zero-order valence-corrected chi connectivity index (χ0v) is 17.5. The predicted octanol–water partition coefficient (Wildman–Crippen LogP) is 4.85. The van der Waals surface area contributed by atoms with Crippen LogP contribution >= 0.6 is 11.3 Å². The summed E-state index contributed by atoms with van der Waals surface area (Å²) in [5.41, 5.74) is 1.79. The second-order valence-electron chi connectivity index (χ2n) is 5.50. The van der Waals surface area contributed by atoms with Crippen LogP contribution in [0.3, 0.4) is 0 Å². The van der Waals surface area contributed by atoms with Crippen molar-refractivity contribution < 1.29 is 18.7 Å². The van der Waals surface area contributed by atoms with E-state index < -0.39 is 11.8 Å². The smallest absolute Gasteiger partial charge is 0.338 e. The van der Waals surface area contributed by atoms with E-state index in [0.717, 1.165) is 16.9 Å². The standard InChI is InChI=1S/C20H14BFNO3S.C2H6/c1-25-14-10-6-9-13(17(14)22)18-15(12-7-4-3-5-8-12)16(20(24)26-2)19(27-18)21-11-23;1-2/h3-10H,1-2H3;1-2H3. The van der Waals surface area contributed by atoms with E-state index in [1.165, 1.54) is 27.6 Å². The molecule has 0 saturated heterocycles. The van der Waals surface area contributed by atoms with Gasteiger partial charge in [0.1, 0.15) is 0 Å². The fraction of sp³-hybridized carbons (Fsp3) is 0.182. The van der Waals surface area contributed by atoms with Crippen molar-refractivity contribution in [3.63, 3.8) is 0 Å². The third-order valence-electron chi connectivity index (χ3n) is 4.01. The Kier molecular flexibility index (Phi) is 7.99. The first-order valence-corrected chi connectivity index (χ1v) is 9.80. The number of halogens is 1. The second-order valence-corrected chi connectivity index (χ2v) is 6.55. The van der Waals surface area contributed by atoms with Crippen molar-refractivity contribution in [1.29, 1.82) is 5.26 Å². The number of ether oxygens (including phenoxy) is 2. The molecule has 3 aromatic rings. The molecule has 3 rings (SSSR count). The Morgan fingerprint density at radius 2 is 1.79 bits per heavy atom. The Hall–Kier alpha value is -3.11. The molecule has 0 aliphatic rings. The summed E-state index contributed by atoms with van der Waals surface area (Å²) in [5, 5.41) is 9.13. The van der Waals surface area contributed by atoms with E-state index in [9.17, 15) is 9.18 Å². The van der Waals surface area contributed by atoms with Gasteiger partial charge in [0.25, 0.3) is 0 Å². The molecule has 0 amide bonds. The molecule has 0 aliphatic carbocycles. The molecule has 147 valence electrons. The van der Waals surface area contributed by atoms with Crippen molar-refractivity contribution >= 4 is 29.4 Å². The molecule has 4 nitrogen and oxygen atoms in total. The topological polar surface area (TPSA) is 59.3 Å². The first kappa shape index (κ1) is 22.2. The predicted molar refractivity (Wildman–Crippen MR) is 115 cm³/mol. The maximum Gasteiger partial charge on any atom is 0.338 e. The van der Waals surface area contributed by atoms with Crippen LogP contribution in [-0.4, -0.2) is 27.5 Å². The van der Waals surface area contributed by atoms with Crippen LogP contribution in [0.25, 0.3) is 21.6 Å². The fourth-order valence-corrected chi connectivity index (χ4v) is 4.04. The van der Waals surface area contributed by atoms with Crippen LogP contribution in [0, 0.1) is 17.0 Å².